The molecule has 5 aromatic rings. The Morgan fingerprint density at radius 2 is 1.53 bits per heavy atom. The predicted octanol–water partition coefficient (Wildman–Crippen LogP) is 6.65. The molecule has 1 aliphatic rings. The normalized spacial score (nSPS) is 14.6. The molecule has 0 amide bonds. The molecule has 0 spiro atoms. The van der Waals surface area contributed by atoms with Gasteiger partial charge in [0.05, 0.1) is 22.1 Å². The highest BCUT2D eigenvalue weighted by Gasteiger charge is 2.36. The smallest absolute Gasteiger partial charge is 0.361 e. The molecule has 34 heavy (non-hydrogen) atoms. The summed E-state index contributed by atoms with van der Waals surface area (Å²) in [5, 5.41) is 2.52. The summed E-state index contributed by atoms with van der Waals surface area (Å²) in [6, 6.07) is 11.1. The Bertz CT molecular complexity index is 1730. The van der Waals surface area contributed by atoms with E-state index in [0.717, 1.165) is 11.3 Å². The topological polar surface area (TPSA) is 31.5 Å². The van der Waals surface area contributed by atoms with Gasteiger partial charge in [0.1, 0.15) is 0 Å². The average molecular weight is 449 g/mol. The van der Waals surface area contributed by atoms with E-state index in [2.05, 4.69) is 102 Å². The van der Waals surface area contributed by atoms with E-state index in [1.807, 2.05) is 0 Å². The fourth-order valence-electron chi connectivity index (χ4n) is 5.83. The van der Waals surface area contributed by atoms with Crippen molar-refractivity contribution in [2.75, 3.05) is 0 Å². The number of benzene rings is 3. The molecule has 4 nitrogen and oxygen atoms in total. The van der Waals surface area contributed by atoms with Crippen molar-refractivity contribution in [3.8, 4) is 0 Å². The Morgan fingerprint density at radius 3 is 2.24 bits per heavy atom. The van der Waals surface area contributed by atoms with Crippen LogP contribution in [0.2, 0.25) is 0 Å². The average Bonchev–Trinajstić information content (AvgIpc) is 3.19. The van der Waals surface area contributed by atoms with Crippen molar-refractivity contribution in [1.82, 2.24) is 14.0 Å². The molecule has 0 unspecified atom stereocenters. The van der Waals surface area contributed by atoms with Gasteiger partial charge >= 0.3 is 6.92 Å². The zero-order valence-corrected chi connectivity index (χ0v) is 21.7. The summed E-state index contributed by atoms with van der Waals surface area (Å²) in [5.74, 6) is 0.977. The Kier molecular flexibility index (Phi) is 4.27. The third-order valence-corrected chi connectivity index (χ3v) is 8.00. The van der Waals surface area contributed by atoms with Crippen molar-refractivity contribution in [3.05, 3.63) is 58.1 Å². The zero-order chi connectivity index (χ0) is 24.3. The van der Waals surface area contributed by atoms with E-state index < -0.39 is 0 Å². The summed E-state index contributed by atoms with van der Waals surface area (Å²) in [7, 11) is 0. The number of aryl methyl sites for hydroxylation is 2. The summed E-state index contributed by atoms with van der Waals surface area (Å²) in [6.45, 7) is 19.6. The molecule has 0 bridgehead atoms. The first-order valence-corrected chi connectivity index (χ1v) is 12.2. The fraction of sp³-hybridized carbons (Fsp3) is 0.345. The first kappa shape index (κ1) is 21.5. The largest absolute Gasteiger partial charge is 0.422 e. The molecule has 0 radical (unpaired) electrons. The summed E-state index contributed by atoms with van der Waals surface area (Å²) >= 11 is 0. The molecule has 6 rings (SSSR count). The third-order valence-electron chi connectivity index (χ3n) is 8.00. The van der Waals surface area contributed by atoms with Crippen molar-refractivity contribution in [3.63, 3.8) is 0 Å². The predicted molar refractivity (Wildman–Crippen MR) is 145 cm³/mol. The number of nitrogens with zero attached hydrogens (tertiary/aromatic N) is 3. The minimum absolute atomic E-state index is 0.0763. The van der Waals surface area contributed by atoms with E-state index in [9.17, 15) is 0 Å². The first-order valence-electron chi connectivity index (χ1n) is 12.2. The number of fused-ring (bicyclic) bond motifs is 5. The number of allylic oxidation sites excluding steroid dienone is 2. The van der Waals surface area contributed by atoms with Crippen LogP contribution in [0.3, 0.4) is 0 Å². The van der Waals surface area contributed by atoms with Gasteiger partial charge in [0.2, 0.25) is 5.78 Å². The maximum absolute atomic E-state index is 6.65. The van der Waals surface area contributed by atoms with Gasteiger partial charge in [-0.2, -0.15) is 0 Å². The van der Waals surface area contributed by atoms with Crippen LogP contribution in [0.25, 0.3) is 44.3 Å². The van der Waals surface area contributed by atoms with Gasteiger partial charge in [-0.05, 0) is 107 Å². The van der Waals surface area contributed by atoms with E-state index in [0.29, 0.717) is 0 Å². The second-order valence-corrected chi connectivity index (χ2v) is 11.0. The van der Waals surface area contributed by atoms with Gasteiger partial charge in [-0.3, -0.25) is 8.97 Å². The van der Waals surface area contributed by atoms with E-state index in [1.165, 1.54) is 66.2 Å². The maximum Gasteiger partial charge on any atom is 0.361 e. The Hall–Kier alpha value is -3.05. The van der Waals surface area contributed by atoms with Crippen LogP contribution < -0.4 is 5.46 Å². The van der Waals surface area contributed by atoms with Gasteiger partial charge in [-0.15, -0.1) is 0 Å². The van der Waals surface area contributed by atoms with Crippen LogP contribution in [0.1, 0.15) is 56.9 Å². The quantitative estimate of drug-likeness (QED) is 0.269. The summed E-state index contributed by atoms with van der Waals surface area (Å²) in [5.41, 5.74) is 13.4. The monoisotopic (exact) mass is 449 g/mol. The first-order chi connectivity index (χ1) is 16.0. The lowest BCUT2D eigenvalue weighted by Crippen LogP contribution is -2.45. The Balaban J connectivity index is 1.91. The number of hydrogen-bond donors (Lipinski definition) is 0. The lowest BCUT2D eigenvalue weighted by Gasteiger charge is -2.33. The van der Waals surface area contributed by atoms with Crippen LogP contribution in [-0.2, 0) is 4.65 Å². The van der Waals surface area contributed by atoms with Gasteiger partial charge < -0.3 is 4.65 Å². The lowest BCUT2D eigenvalue weighted by molar-refractivity contribution is 0.135. The van der Waals surface area contributed by atoms with Crippen LogP contribution in [-0.4, -0.2) is 26.5 Å². The van der Waals surface area contributed by atoms with E-state index in [-0.39, 0.29) is 12.5 Å². The van der Waals surface area contributed by atoms with E-state index >= 15 is 0 Å². The molecule has 0 atom stereocenters. The van der Waals surface area contributed by atoms with Crippen molar-refractivity contribution in [2.45, 2.75) is 67.9 Å². The second kappa shape index (κ2) is 6.76. The Labute approximate surface area is 201 Å². The third kappa shape index (κ3) is 2.62. The van der Waals surface area contributed by atoms with Crippen LogP contribution >= 0.6 is 0 Å². The van der Waals surface area contributed by atoms with E-state index in [4.69, 9.17) is 9.64 Å². The standard InChI is InChI=1S/C29H32BN3O/c1-15-16(2)18(4)26-25(17(15)3)31-28-32-20(6)19(5)30(34-29(7,8)9)22-14-13-21-11-10-12-23(33(26)28)24(21)27(22)32/h10-14H,1-9H3. The van der Waals surface area contributed by atoms with Crippen molar-refractivity contribution in [1.29, 1.82) is 0 Å². The van der Waals surface area contributed by atoms with Crippen LogP contribution in [0.4, 0.5) is 0 Å². The summed E-state index contributed by atoms with van der Waals surface area (Å²) in [6.07, 6.45) is 0. The minimum atomic E-state index is -0.249. The van der Waals surface area contributed by atoms with Crippen molar-refractivity contribution < 1.29 is 4.65 Å². The maximum atomic E-state index is 6.65. The summed E-state index contributed by atoms with van der Waals surface area (Å²) < 4.78 is 11.4. The highest BCUT2D eigenvalue weighted by atomic mass is 16.5. The zero-order valence-electron chi connectivity index (χ0n) is 21.7. The molecule has 0 fully saturated rings. The molecule has 1 aliphatic heterocycles. The van der Waals surface area contributed by atoms with Crippen molar-refractivity contribution >= 4 is 56.7 Å². The minimum Gasteiger partial charge on any atom is -0.422 e. The van der Waals surface area contributed by atoms with Crippen LogP contribution in [0, 0.1) is 27.7 Å². The van der Waals surface area contributed by atoms with Gasteiger partial charge in [0.25, 0.3) is 0 Å². The molecule has 0 saturated heterocycles. The van der Waals surface area contributed by atoms with Crippen molar-refractivity contribution in [2.24, 2.45) is 0 Å². The molecule has 3 heterocycles. The summed E-state index contributed by atoms with van der Waals surface area (Å²) in [4.78, 5) is 5.33. The number of hydrogen-bond acceptors (Lipinski definition) is 2. The molecule has 0 N–H and O–H groups in total. The number of rotatable bonds is 1. The fourth-order valence-corrected chi connectivity index (χ4v) is 5.83. The van der Waals surface area contributed by atoms with Gasteiger partial charge in [-0.1, -0.05) is 24.3 Å². The highest BCUT2D eigenvalue weighted by Crippen LogP contribution is 2.38. The van der Waals surface area contributed by atoms with Crippen LogP contribution in [0.5, 0.6) is 0 Å². The molecule has 3 aromatic carbocycles. The van der Waals surface area contributed by atoms with Gasteiger partial charge in [-0.25, -0.2) is 4.98 Å². The molecule has 5 heteroatoms. The number of aromatic nitrogens is 3. The molecular formula is C29H32BN3O. The highest BCUT2D eigenvalue weighted by molar-refractivity contribution is 6.78. The van der Waals surface area contributed by atoms with Gasteiger partial charge in [0.15, 0.2) is 0 Å². The molecule has 2 aromatic heterocycles. The SMILES string of the molecule is CC1=C(C)n2c3c(ccc4cccc(c43)n3c4c(C)c(C)c(C)c(C)c4nc23)B1OC(C)(C)C. The number of imidazole rings is 1. The molecule has 0 aliphatic carbocycles. The molecule has 0 saturated carbocycles. The molecular weight excluding hydrogens is 417 g/mol. The van der Waals surface area contributed by atoms with E-state index in [1.54, 1.807) is 0 Å². The Morgan fingerprint density at radius 1 is 0.824 bits per heavy atom. The lowest BCUT2D eigenvalue weighted by atomic mass is 9.52. The van der Waals surface area contributed by atoms with Gasteiger partial charge in [0, 0.05) is 16.7 Å². The second-order valence-electron chi connectivity index (χ2n) is 11.0. The molecule has 172 valence electrons. The van der Waals surface area contributed by atoms with Crippen LogP contribution in [0.15, 0.2) is 35.8 Å².